The second-order valence-corrected chi connectivity index (χ2v) is 7.01. The van der Waals surface area contributed by atoms with Crippen LogP contribution in [0, 0.1) is 17.8 Å². The van der Waals surface area contributed by atoms with Gasteiger partial charge in [0.25, 0.3) is 0 Å². The van der Waals surface area contributed by atoms with Crippen molar-refractivity contribution < 1.29 is 4.79 Å². The maximum absolute atomic E-state index is 12.4. The summed E-state index contributed by atoms with van der Waals surface area (Å²) in [5.41, 5.74) is 0.829. The molecule has 3 nitrogen and oxygen atoms in total. The molecule has 0 radical (unpaired) electrons. The topological polar surface area (TPSA) is 42.0 Å². The molecule has 108 valence electrons. The van der Waals surface area contributed by atoms with Crippen molar-refractivity contribution in [3.8, 4) is 0 Å². The minimum Gasteiger partial charge on any atom is -0.325 e. The van der Waals surface area contributed by atoms with Gasteiger partial charge < -0.3 is 5.32 Å². The van der Waals surface area contributed by atoms with Gasteiger partial charge in [0.15, 0.2) is 0 Å². The van der Waals surface area contributed by atoms with Crippen molar-refractivity contribution in [2.45, 2.75) is 44.9 Å². The number of fused-ring (bicyclic) bond motifs is 1. The highest BCUT2D eigenvalue weighted by Crippen LogP contribution is 2.43. The Balaban J connectivity index is 1.62. The number of nitrogens with zero attached hydrogens (tertiary/aromatic N) is 1. The van der Waals surface area contributed by atoms with Crippen LogP contribution in [-0.2, 0) is 4.79 Å². The summed E-state index contributed by atoms with van der Waals surface area (Å²) >= 11 is 3.43. The van der Waals surface area contributed by atoms with Crippen LogP contribution < -0.4 is 5.32 Å². The van der Waals surface area contributed by atoms with Gasteiger partial charge in [0, 0.05) is 18.3 Å². The van der Waals surface area contributed by atoms with Crippen molar-refractivity contribution in [3.63, 3.8) is 0 Å². The van der Waals surface area contributed by atoms with Gasteiger partial charge in [0.1, 0.15) is 0 Å². The summed E-state index contributed by atoms with van der Waals surface area (Å²) in [6.45, 7) is 0. The Morgan fingerprint density at radius 1 is 1.20 bits per heavy atom. The van der Waals surface area contributed by atoms with Crippen molar-refractivity contribution in [3.05, 3.63) is 22.9 Å². The lowest BCUT2D eigenvalue weighted by Gasteiger charge is -2.38. The third-order valence-corrected chi connectivity index (χ3v) is 5.57. The molecule has 2 fully saturated rings. The normalized spacial score (nSPS) is 29.6. The van der Waals surface area contributed by atoms with E-state index in [0.717, 1.165) is 34.8 Å². The molecular weight excluding hydrogens is 316 g/mol. The van der Waals surface area contributed by atoms with Gasteiger partial charge in [-0.3, -0.25) is 9.78 Å². The first-order valence-electron chi connectivity index (χ1n) is 7.64. The number of halogens is 1. The summed E-state index contributed by atoms with van der Waals surface area (Å²) < 4.78 is 0.847. The summed E-state index contributed by atoms with van der Waals surface area (Å²) in [6.07, 6.45) is 12.2. The first kappa shape index (κ1) is 14.1. The number of carbonyl (C=O) groups excluding carboxylic acids is 1. The zero-order valence-electron chi connectivity index (χ0n) is 11.6. The van der Waals surface area contributed by atoms with Crippen LogP contribution in [-0.4, -0.2) is 10.9 Å². The summed E-state index contributed by atoms with van der Waals surface area (Å²) in [7, 11) is 0. The van der Waals surface area contributed by atoms with E-state index in [-0.39, 0.29) is 11.8 Å². The Labute approximate surface area is 128 Å². The molecule has 20 heavy (non-hydrogen) atoms. The lowest BCUT2D eigenvalue weighted by atomic mass is 9.67. The van der Waals surface area contributed by atoms with E-state index in [1.165, 1.54) is 32.1 Å². The molecule has 4 heteroatoms. The number of pyridine rings is 1. The second-order valence-electron chi connectivity index (χ2n) is 6.16. The molecule has 0 aromatic carbocycles. The Morgan fingerprint density at radius 3 is 2.80 bits per heavy atom. The number of anilines is 1. The fourth-order valence-electron chi connectivity index (χ4n) is 3.82. The number of nitrogens with one attached hydrogen (secondary N) is 1. The average Bonchev–Trinajstić information content (AvgIpc) is 2.49. The number of hydrogen-bond donors (Lipinski definition) is 1. The molecule has 0 saturated heterocycles. The second kappa shape index (κ2) is 6.25. The maximum Gasteiger partial charge on any atom is 0.227 e. The zero-order chi connectivity index (χ0) is 13.9. The van der Waals surface area contributed by atoms with Crippen LogP contribution in [0.3, 0.4) is 0 Å². The van der Waals surface area contributed by atoms with Crippen molar-refractivity contribution in [2.75, 3.05) is 5.32 Å². The highest BCUT2D eigenvalue weighted by Gasteiger charge is 2.35. The van der Waals surface area contributed by atoms with Gasteiger partial charge in [-0.15, -0.1) is 0 Å². The van der Waals surface area contributed by atoms with Crippen LogP contribution in [0.5, 0.6) is 0 Å². The molecule has 1 heterocycles. The molecule has 1 aromatic heterocycles. The van der Waals surface area contributed by atoms with Gasteiger partial charge in [-0.2, -0.15) is 0 Å². The summed E-state index contributed by atoms with van der Waals surface area (Å²) in [5.74, 6) is 2.05. The zero-order valence-corrected chi connectivity index (χ0v) is 13.2. The molecule has 2 saturated carbocycles. The van der Waals surface area contributed by atoms with E-state index >= 15 is 0 Å². The molecule has 2 aliphatic carbocycles. The summed E-state index contributed by atoms with van der Waals surface area (Å²) in [5, 5.41) is 3.05. The molecule has 2 aliphatic rings. The van der Waals surface area contributed by atoms with Gasteiger partial charge in [-0.05, 0) is 53.1 Å². The number of hydrogen-bond acceptors (Lipinski definition) is 2. The Hall–Kier alpha value is -0.900. The molecule has 0 spiro atoms. The number of aromatic nitrogens is 1. The minimum absolute atomic E-state index is 0.181. The van der Waals surface area contributed by atoms with E-state index < -0.39 is 0 Å². The van der Waals surface area contributed by atoms with Crippen LogP contribution in [0.1, 0.15) is 44.9 Å². The van der Waals surface area contributed by atoms with Gasteiger partial charge in [-0.25, -0.2) is 0 Å². The highest BCUT2D eigenvalue weighted by molar-refractivity contribution is 9.10. The molecule has 1 N–H and O–H groups in total. The van der Waals surface area contributed by atoms with E-state index in [1.54, 1.807) is 12.4 Å². The predicted molar refractivity (Wildman–Crippen MR) is 83.4 cm³/mol. The van der Waals surface area contributed by atoms with Crippen LogP contribution in [0.4, 0.5) is 5.69 Å². The van der Waals surface area contributed by atoms with Crippen LogP contribution in [0.15, 0.2) is 22.9 Å². The van der Waals surface area contributed by atoms with E-state index in [4.69, 9.17) is 0 Å². The van der Waals surface area contributed by atoms with Gasteiger partial charge in [0.2, 0.25) is 5.91 Å². The van der Waals surface area contributed by atoms with Gasteiger partial charge in [0.05, 0.1) is 10.2 Å². The van der Waals surface area contributed by atoms with Crippen molar-refractivity contribution in [2.24, 2.45) is 17.8 Å². The Morgan fingerprint density at radius 2 is 2.00 bits per heavy atom. The summed E-state index contributed by atoms with van der Waals surface area (Å²) in [6, 6.07) is 1.84. The number of amides is 1. The molecule has 3 unspecified atom stereocenters. The largest absolute Gasteiger partial charge is 0.325 e. The van der Waals surface area contributed by atoms with Crippen LogP contribution >= 0.6 is 15.9 Å². The molecule has 3 atom stereocenters. The summed E-state index contributed by atoms with van der Waals surface area (Å²) in [4.78, 5) is 16.5. The molecule has 1 amide bonds. The first-order valence-corrected chi connectivity index (χ1v) is 8.43. The molecule has 0 aliphatic heterocycles. The molecule has 3 rings (SSSR count). The van der Waals surface area contributed by atoms with E-state index in [1.807, 2.05) is 6.07 Å². The lowest BCUT2D eigenvalue weighted by molar-refractivity contribution is -0.122. The number of carbonyl (C=O) groups is 1. The van der Waals surface area contributed by atoms with Crippen LogP contribution in [0.2, 0.25) is 0 Å². The van der Waals surface area contributed by atoms with Crippen molar-refractivity contribution in [1.82, 2.24) is 4.98 Å². The van der Waals surface area contributed by atoms with E-state index in [0.29, 0.717) is 0 Å². The molecule has 1 aromatic rings. The highest BCUT2D eigenvalue weighted by atomic mass is 79.9. The third kappa shape index (κ3) is 3.05. The number of rotatable bonds is 2. The average molecular weight is 337 g/mol. The Bertz CT molecular complexity index is 491. The third-order valence-electron chi connectivity index (χ3n) is 4.94. The van der Waals surface area contributed by atoms with Crippen LogP contribution in [0.25, 0.3) is 0 Å². The molecule has 0 bridgehead atoms. The fraction of sp³-hybridized carbons (Fsp3) is 0.625. The first-order chi connectivity index (χ1) is 9.74. The SMILES string of the molecule is O=C(Nc1ccncc1Br)C1CCC2CCCCC2C1. The quantitative estimate of drug-likeness (QED) is 0.870. The van der Waals surface area contributed by atoms with Crippen molar-refractivity contribution >= 4 is 27.5 Å². The molecular formula is C16H21BrN2O. The van der Waals surface area contributed by atoms with Crippen molar-refractivity contribution in [1.29, 1.82) is 0 Å². The standard InChI is InChI=1S/C16H21BrN2O/c17-14-10-18-8-7-15(14)19-16(20)13-6-5-11-3-1-2-4-12(11)9-13/h7-8,10-13H,1-6,9H2,(H,18,19,20). The predicted octanol–water partition coefficient (Wildman–Crippen LogP) is 4.39. The maximum atomic E-state index is 12.4. The Kier molecular flexibility index (Phi) is 4.39. The smallest absolute Gasteiger partial charge is 0.227 e. The monoisotopic (exact) mass is 336 g/mol. The van der Waals surface area contributed by atoms with E-state index in [2.05, 4.69) is 26.2 Å². The minimum atomic E-state index is 0.181. The van der Waals surface area contributed by atoms with Gasteiger partial charge >= 0.3 is 0 Å². The van der Waals surface area contributed by atoms with E-state index in [9.17, 15) is 4.79 Å². The van der Waals surface area contributed by atoms with Gasteiger partial charge in [-0.1, -0.05) is 25.7 Å². The fourth-order valence-corrected chi connectivity index (χ4v) is 4.17. The lowest BCUT2D eigenvalue weighted by Crippen LogP contribution is -2.33.